The summed E-state index contributed by atoms with van der Waals surface area (Å²) in [6.45, 7) is 0.831. The summed E-state index contributed by atoms with van der Waals surface area (Å²) < 4.78 is 0. The van der Waals surface area contributed by atoms with Gasteiger partial charge in [0.05, 0.1) is 0 Å². The third-order valence-corrected chi connectivity index (χ3v) is 6.15. The van der Waals surface area contributed by atoms with E-state index < -0.39 is 0 Å². The number of para-hydroxylation sites is 1. The topological polar surface area (TPSA) is 61.4 Å². The number of amides is 2. The summed E-state index contributed by atoms with van der Waals surface area (Å²) in [5.74, 6) is -0.0804. The first-order chi connectivity index (χ1) is 14.1. The molecule has 0 bridgehead atoms. The second-order valence-corrected chi connectivity index (χ2v) is 8.24. The lowest BCUT2D eigenvalue weighted by Crippen LogP contribution is -2.33. The minimum Gasteiger partial charge on any atom is -0.326 e. The predicted octanol–water partition coefficient (Wildman–Crippen LogP) is 4.59. The van der Waals surface area contributed by atoms with Gasteiger partial charge in [0.1, 0.15) is 0 Å². The van der Waals surface area contributed by atoms with Gasteiger partial charge in [-0.25, -0.2) is 0 Å². The fraction of sp³-hybridized carbons (Fsp3) is 0.417. The number of aryl methyl sites for hydroxylation is 1. The molecule has 29 heavy (non-hydrogen) atoms. The van der Waals surface area contributed by atoms with Crippen LogP contribution in [-0.4, -0.2) is 29.8 Å². The van der Waals surface area contributed by atoms with E-state index in [-0.39, 0.29) is 11.8 Å². The zero-order valence-corrected chi connectivity index (χ0v) is 17.0. The van der Waals surface area contributed by atoms with Crippen molar-refractivity contribution in [2.75, 3.05) is 17.7 Å². The molecule has 5 heteroatoms. The number of nitrogens with zero attached hydrogens (tertiary/aromatic N) is 1. The minimum absolute atomic E-state index is 0.0331. The molecule has 2 amide bonds. The third-order valence-electron chi connectivity index (χ3n) is 6.15. The Kier molecular flexibility index (Phi) is 5.95. The van der Waals surface area contributed by atoms with E-state index in [0.29, 0.717) is 24.4 Å². The zero-order valence-electron chi connectivity index (χ0n) is 17.0. The van der Waals surface area contributed by atoms with E-state index in [4.69, 9.17) is 0 Å². The summed E-state index contributed by atoms with van der Waals surface area (Å²) in [7, 11) is 2.19. The normalized spacial score (nSPS) is 17.0. The number of hydrogen-bond acceptors (Lipinski definition) is 3. The van der Waals surface area contributed by atoms with Gasteiger partial charge >= 0.3 is 0 Å². The lowest BCUT2D eigenvalue weighted by Gasteiger charge is -2.31. The van der Waals surface area contributed by atoms with Crippen molar-refractivity contribution in [3.05, 3.63) is 59.2 Å². The van der Waals surface area contributed by atoms with Crippen LogP contribution in [0.5, 0.6) is 0 Å². The molecule has 2 aliphatic rings. The summed E-state index contributed by atoms with van der Waals surface area (Å²) in [6.07, 6.45) is 7.63. The van der Waals surface area contributed by atoms with E-state index in [0.717, 1.165) is 29.0 Å². The maximum absolute atomic E-state index is 12.9. The number of carbonyl (C=O) groups is 2. The predicted molar refractivity (Wildman–Crippen MR) is 116 cm³/mol. The molecule has 1 saturated carbocycles. The van der Waals surface area contributed by atoms with Gasteiger partial charge in [0.2, 0.25) is 5.91 Å². The standard InChI is InChI=1S/C24H29N3O2/c1-27(20-8-3-2-4-9-20)16-19-7-5-6-10-21(19)26-24(29)18-11-13-22-17(15-18)12-14-23(28)25-22/h5-7,10-11,13,15,20H,2-4,8-9,12,14,16H2,1H3,(H,25,28)(H,26,29). The molecule has 4 rings (SSSR count). The lowest BCUT2D eigenvalue weighted by atomic mass is 9.94. The smallest absolute Gasteiger partial charge is 0.255 e. The van der Waals surface area contributed by atoms with Crippen molar-refractivity contribution in [1.82, 2.24) is 4.90 Å². The fourth-order valence-corrected chi connectivity index (χ4v) is 4.42. The molecule has 2 aromatic rings. The SMILES string of the molecule is CN(Cc1ccccc1NC(=O)c1ccc2c(c1)CCC(=O)N2)C1CCCCC1. The van der Waals surface area contributed by atoms with Crippen LogP contribution in [0.1, 0.15) is 60.0 Å². The molecule has 0 aromatic heterocycles. The van der Waals surface area contributed by atoms with Crippen molar-refractivity contribution in [1.29, 1.82) is 0 Å². The number of rotatable bonds is 5. The van der Waals surface area contributed by atoms with E-state index >= 15 is 0 Å². The number of benzene rings is 2. The molecule has 1 fully saturated rings. The van der Waals surface area contributed by atoms with Crippen LogP contribution in [0.15, 0.2) is 42.5 Å². The Morgan fingerprint density at radius 2 is 1.90 bits per heavy atom. The minimum atomic E-state index is -0.113. The van der Waals surface area contributed by atoms with E-state index in [1.807, 2.05) is 30.3 Å². The molecule has 0 radical (unpaired) electrons. The Balaban J connectivity index is 1.47. The van der Waals surface area contributed by atoms with Gasteiger partial charge in [0.15, 0.2) is 0 Å². The molecular formula is C24H29N3O2. The van der Waals surface area contributed by atoms with Gasteiger partial charge in [0.25, 0.3) is 5.91 Å². The first kappa shape index (κ1) is 19.6. The summed E-state index contributed by atoms with van der Waals surface area (Å²) in [4.78, 5) is 26.8. The molecule has 1 aliphatic carbocycles. The average molecular weight is 392 g/mol. The molecule has 2 N–H and O–H groups in total. The molecule has 0 atom stereocenters. The molecule has 1 heterocycles. The molecule has 152 valence electrons. The Labute approximate surface area is 172 Å². The maximum Gasteiger partial charge on any atom is 0.255 e. The second-order valence-electron chi connectivity index (χ2n) is 8.24. The Hall–Kier alpha value is -2.66. The zero-order chi connectivity index (χ0) is 20.2. The van der Waals surface area contributed by atoms with E-state index in [1.54, 1.807) is 6.07 Å². The summed E-state index contributed by atoms with van der Waals surface area (Å²) in [5, 5.41) is 5.96. The van der Waals surface area contributed by atoms with Crippen LogP contribution in [-0.2, 0) is 17.8 Å². The molecular weight excluding hydrogens is 362 g/mol. The van der Waals surface area contributed by atoms with Crippen LogP contribution in [0.3, 0.4) is 0 Å². The fourth-order valence-electron chi connectivity index (χ4n) is 4.42. The highest BCUT2D eigenvalue weighted by molar-refractivity contribution is 6.05. The molecule has 0 unspecified atom stereocenters. The molecule has 5 nitrogen and oxygen atoms in total. The van der Waals surface area contributed by atoms with Crippen molar-refractivity contribution in [3.63, 3.8) is 0 Å². The molecule has 0 spiro atoms. The van der Waals surface area contributed by atoms with Gasteiger partial charge in [-0.15, -0.1) is 0 Å². The molecule has 1 aliphatic heterocycles. The van der Waals surface area contributed by atoms with Crippen molar-refractivity contribution in [2.24, 2.45) is 0 Å². The van der Waals surface area contributed by atoms with Crippen LogP contribution in [0.2, 0.25) is 0 Å². The van der Waals surface area contributed by atoms with Crippen LogP contribution in [0.25, 0.3) is 0 Å². The van der Waals surface area contributed by atoms with E-state index in [9.17, 15) is 9.59 Å². The van der Waals surface area contributed by atoms with Crippen molar-refractivity contribution in [3.8, 4) is 0 Å². The Morgan fingerprint density at radius 3 is 2.72 bits per heavy atom. The second kappa shape index (κ2) is 8.78. The highest BCUT2D eigenvalue weighted by atomic mass is 16.2. The first-order valence-corrected chi connectivity index (χ1v) is 10.6. The third kappa shape index (κ3) is 4.67. The van der Waals surface area contributed by atoms with E-state index in [1.165, 1.54) is 32.1 Å². The lowest BCUT2D eigenvalue weighted by molar-refractivity contribution is -0.116. The van der Waals surface area contributed by atoms with Gasteiger partial charge in [0, 0.05) is 35.9 Å². The number of carbonyl (C=O) groups excluding carboxylic acids is 2. The van der Waals surface area contributed by atoms with E-state index in [2.05, 4.69) is 28.6 Å². The summed E-state index contributed by atoms with van der Waals surface area (Å²) in [5.41, 5.74) is 4.45. The monoisotopic (exact) mass is 391 g/mol. The van der Waals surface area contributed by atoms with Gasteiger partial charge in [-0.3, -0.25) is 14.5 Å². The number of nitrogens with one attached hydrogen (secondary N) is 2. The molecule has 2 aromatic carbocycles. The highest BCUT2D eigenvalue weighted by Gasteiger charge is 2.20. The molecule has 0 saturated heterocycles. The van der Waals surface area contributed by atoms with Crippen LogP contribution in [0.4, 0.5) is 11.4 Å². The number of hydrogen-bond donors (Lipinski definition) is 2. The van der Waals surface area contributed by atoms with Gasteiger partial charge < -0.3 is 10.6 Å². The average Bonchev–Trinajstić information content (AvgIpc) is 2.75. The van der Waals surface area contributed by atoms with Gasteiger partial charge in [-0.1, -0.05) is 37.5 Å². The highest BCUT2D eigenvalue weighted by Crippen LogP contribution is 2.26. The quantitative estimate of drug-likeness (QED) is 0.784. The Morgan fingerprint density at radius 1 is 1.10 bits per heavy atom. The first-order valence-electron chi connectivity index (χ1n) is 10.6. The van der Waals surface area contributed by atoms with Crippen molar-refractivity contribution >= 4 is 23.2 Å². The van der Waals surface area contributed by atoms with Crippen molar-refractivity contribution < 1.29 is 9.59 Å². The van der Waals surface area contributed by atoms with Gasteiger partial charge in [-0.05, 0) is 61.7 Å². The summed E-state index contributed by atoms with van der Waals surface area (Å²) >= 11 is 0. The van der Waals surface area contributed by atoms with Crippen LogP contribution < -0.4 is 10.6 Å². The Bertz CT molecular complexity index is 903. The number of anilines is 2. The van der Waals surface area contributed by atoms with Crippen LogP contribution >= 0.6 is 0 Å². The summed E-state index contributed by atoms with van der Waals surface area (Å²) in [6, 6.07) is 14.2. The number of fused-ring (bicyclic) bond motifs is 1. The van der Waals surface area contributed by atoms with Gasteiger partial charge in [-0.2, -0.15) is 0 Å². The van der Waals surface area contributed by atoms with Crippen molar-refractivity contribution in [2.45, 2.75) is 57.5 Å². The largest absolute Gasteiger partial charge is 0.326 e. The van der Waals surface area contributed by atoms with Crippen LogP contribution in [0, 0.1) is 0 Å². The maximum atomic E-state index is 12.9.